The van der Waals surface area contributed by atoms with E-state index in [-0.39, 0.29) is 17.7 Å². The molecule has 1 aromatic carbocycles. The SMILES string of the molecule is COc1ccc2c(c1)CCCN2C(=O)CN1CCC(C(=O)Nc2ccc(C)cn2)CC1. The molecule has 31 heavy (non-hydrogen) atoms. The number of nitrogens with one attached hydrogen (secondary N) is 1. The van der Waals surface area contributed by atoms with Gasteiger partial charge >= 0.3 is 0 Å². The number of benzene rings is 1. The van der Waals surface area contributed by atoms with Gasteiger partial charge in [0.05, 0.1) is 13.7 Å². The van der Waals surface area contributed by atoms with Gasteiger partial charge in [0.15, 0.2) is 0 Å². The predicted molar refractivity (Wildman–Crippen MR) is 120 cm³/mol. The second-order valence-corrected chi connectivity index (χ2v) is 8.40. The number of rotatable bonds is 5. The molecule has 1 fully saturated rings. The van der Waals surface area contributed by atoms with Gasteiger partial charge in [0.25, 0.3) is 0 Å². The Kier molecular flexibility index (Phi) is 6.51. The van der Waals surface area contributed by atoms with Crippen LogP contribution in [0.2, 0.25) is 0 Å². The number of anilines is 2. The van der Waals surface area contributed by atoms with Crippen molar-refractivity contribution in [1.82, 2.24) is 9.88 Å². The summed E-state index contributed by atoms with van der Waals surface area (Å²) in [6.45, 7) is 4.60. The molecular weight excluding hydrogens is 392 g/mol. The van der Waals surface area contributed by atoms with E-state index in [0.717, 1.165) is 62.3 Å². The van der Waals surface area contributed by atoms with E-state index in [2.05, 4.69) is 15.2 Å². The lowest BCUT2D eigenvalue weighted by molar-refractivity contribution is -0.122. The van der Waals surface area contributed by atoms with E-state index in [0.29, 0.717) is 12.4 Å². The Morgan fingerprint density at radius 2 is 1.97 bits per heavy atom. The molecule has 0 aliphatic carbocycles. The third-order valence-corrected chi connectivity index (χ3v) is 6.19. The topological polar surface area (TPSA) is 74.8 Å². The molecule has 1 aromatic heterocycles. The number of carbonyl (C=O) groups excluding carboxylic acids is 2. The molecule has 1 N–H and O–H groups in total. The highest BCUT2D eigenvalue weighted by Gasteiger charge is 2.29. The summed E-state index contributed by atoms with van der Waals surface area (Å²) in [7, 11) is 1.66. The number of pyridine rings is 1. The summed E-state index contributed by atoms with van der Waals surface area (Å²) in [5.41, 5.74) is 3.22. The number of aryl methyl sites for hydroxylation is 2. The van der Waals surface area contributed by atoms with Crippen LogP contribution in [0.15, 0.2) is 36.5 Å². The fourth-order valence-corrected chi connectivity index (χ4v) is 4.36. The number of aromatic nitrogens is 1. The van der Waals surface area contributed by atoms with E-state index in [9.17, 15) is 9.59 Å². The number of hydrogen-bond donors (Lipinski definition) is 1. The van der Waals surface area contributed by atoms with Crippen LogP contribution < -0.4 is 15.0 Å². The Morgan fingerprint density at radius 3 is 2.68 bits per heavy atom. The fraction of sp³-hybridized carbons (Fsp3) is 0.458. The zero-order valence-corrected chi connectivity index (χ0v) is 18.3. The number of piperidine rings is 1. The number of methoxy groups -OCH3 is 1. The molecule has 2 aliphatic heterocycles. The maximum Gasteiger partial charge on any atom is 0.241 e. The summed E-state index contributed by atoms with van der Waals surface area (Å²) in [5, 5.41) is 2.91. The summed E-state index contributed by atoms with van der Waals surface area (Å²) in [6.07, 6.45) is 5.17. The molecule has 2 aliphatic rings. The first-order valence-electron chi connectivity index (χ1n) is 11.0. The van der Waals surface area contributed by atoms with E-state index in [4.69, 9.17) is 4.74 Å². The van der Waals surface area contributed by atoms with Crippen LogP contribution in [0, 0.1) is 12.8 Å². The van der Waals surface area contributed by atoms with Crippen LogP contribution in [-0.4, -0.2) is 55.0 Å². The monoisotopic (exact) mass is 422 g/mol. The summed E-state index contributed by atoms with van der Waals surface area (Å²) in [4.78, 5) is 33.9. The first-order chi connectivity index (χ1) is 15.0. The maximum atomic E-state index is 13.0. The minimum absolute atomic E-state index is 0.0150. The Hall–Kier alpha value is -2.93. The van der Waals surface area contributed by atoms with Crippen molar-refractivity contribution in [1.29, 1.82) is 0 Å². The smallest absolute Gasteiger partial charge is 0.241 e. The molecule has 164 valence electrons. The van der Waals surface area contributed by atoms with Gasteiger partial charge in [-0.25, -0.2) is 4.98 Å². The maximum absolute atomic E-state index is 13.0. The highest BCUT2D eigenvalue weighted by molar-refractivity contribution is 5.96. The van der Waals surface area contributed by atoms with Crippen molar-refractivity contribution in [3.05, 3.63) is 47.7 Å². The lowest BCUT2D eigenvalue weighted by atomic mass is 9.95. The molecular formula is C24H30N4O3. The Balaban J connectivity index is 1.30. The van der Waals surface area contributed by atoms with Crippen molar-refractivity contribution < 1.29 is 14.3 Å². The van der Waals surface area contributed by atoms with Gasteiger partial charge in [-0.2, -0.15) is 0 Å². The molecule has 0 saturated carbocycles. The van der Waals surface area contributed by atoms with Gasteiger partial charge in [-0.05, 0) is 81.1 Å². The minimum atomic E-state index is -0.0439. The second-order valence-electron chi connectivity index (χ2n) is 8.40. The van der Waals surface area contributed by atoms with Crippen LogP contribution in [0.3, 0.4) is 0 Å². The van der Waals surface area contributed by atoms with Crippen LogP contribution in [0.25, 0.3) is 0 Å². The van der Waals surface area contributed by atoms with Gasteiger partial charge in [-0.1, -0.05) is 6.07 Å². The average molecular weight is 423 g/mol. The van der Waals surface area contributed by atoms with E-state index in [1.54, 1.807) is 13.3 Å². The summed E-state index contributed by atoms with van der Waals surface area (Å²) in [5.74, 6) is 1.51. The molecule has 1 saturated heterocycles. The first-order valence-corrected chi connectivity index (χ1v) is 11.0. The average Bonchev–Trinajstić information content (AvgIpc) is 2.80. The first kappa shape index (κ1) is 21.3. The van der Waals surface area contributed by atoms with Crippen molar-refractivity contribution in [3.63, 3.8) is 0 Å². The third kappa shape index (κ3) is 5.05. The minimum Gasteiger partial charge on any atom is -0.497 e. The summed E-state index contributed by atoms with van der Waals surface area (Å²) in [6, 6.07) is 9.69. The lowest BCUT2D eigenvalue weighted by Crippen LogP contribution is -2.46. The molecule has 2 aromatic rings. The van der Waals surface area contributed by atoms with Crippen LogP contribution in [0.1, 0.15) is 30.4 Å². The van der Waals surface area contributed by atoms with Gasteiger partial charge in [0.2, 0.25) is 11.8 Å². The van der Waals surface area contributed by atoms with Gasteiger partial charge in [-0.3, -0.25) is 14.5 Å². The second kappa shape index (κ2) is 9.47. The number of nitrogens with zero attached hydrogens (tertiary/aromatic N) is 3. The fourth-order valence-electron chi connectivity index (χ4n) is 4.36. The van der Waals surface area contributed by atoms with E-state index >= 15 is 0 Å². The van der Waals surface area contributed by atoms with Crippen LogP contribution >= 0.6 is 0 Å². The number of hydrogen-bond acceptors (Lipinski definition) is 5. The molecule has 0 atom stereocenters. The van der Waals surface area contributed by atoms with Gasteiger partial charge in [0.1, 0.15) is 11.6 Å². The largest absolute Gasteiger partial charge is 0.497 e. The quantitative estimate of drug-likeness (QED) is 0.802. The molecule has 0 unspecified atom stereocenters. The van der Waals surface area contributed by atoms with Gasteiger partial charge < -0.3 is 15.0 Å². The van der Waals surface area contributed by atoms with Gasteiger partial charge in [0, 0.05) is 24.3 Å². The molecule has 0 radical (unpaired) electrons. The summed E-state index contributed by atoms with van der Waals surface area (Å²) >= 11 is 0. The van der Waals surface area contributed by atoms with E-state index < -0.39 is 0 Å². The molecule has 7 heteroatoms. The normalized spacial score (nSPS) is 17.2. The summed E-state index contributed by atoms with van der Waals surface area (Å²) < 4.78 is 5.32. The Labute approximate surface area is 183 Å². The van der Waals surface area contributed by atoms with Crippen molar-refractivity contribution >= 4 is 23.3 Å². The molecule has 0 bridgehead atoms. The Morgan fingerprint density at radius 1 is 1.16 bits per heavy atom. The van der Waals surface area contributed by atoms with Crippen molar-refractivity contribution in [2.75, 3.05) is 43.5 Å². The lowest BCUT2D eigenvalue weighted by Gasteiger charge is -2.34. The van der Waals surface area contributed by atoms with E-state index in [1.807, 2.05) is 42.2 Å². The van der Waals surface area contributed by atoms with Crippen molar-refractivity contribution in [2.24, 2.45) is 5.92 Å². The van der Waals surface area contributed by atoms with Crippen LogP contribution in [-0.2, 0) is 16.0 Å². The van der Waals surface area contributed by atoms with Crippen LogP contribution in [0.4, 0.5) is 11.5 Å². The van der Waals surface area contributed by atoms with Crippen molar-refractivity contribution in [3.8, 4) is 5.75 Å². The Bertz CT molecular complexity index is 936. The molecule has 4 rings (SSSR count). The highest BCUT2D eigenvalue weighted by atomic mass is 16.5. The zero-order valence-electron chi connectivity index (χ0n) is 18.3. The molecule has 7 nitrogen and oxygen atoms in total. The van der Waals surface area contributed by atoms with Crippen molar-refractivity contribution in [2.45, 2.75) is 32.6 Å². The van der Waals surface area contributed by atoms with Gasteiger partial charge in [-0.15, -0.1) is 0 Å². The number of ether oxygens (including phenoxy) is 1. The van der Waals surface area contributed by atoms with E-state index in [1.165, 1.54) is 5.56 Å². The molecule has 0 spiro atoms. The standard InChI is InChI=1S/C24H30N4O3/c1-17-5-8-22(25-15-17)26-24(30)18-9-12-27(13-10-18)16-23(29)28-11-3-4-19-14-20(31-2)6-7-21(19)28/h5-8,14-15,18H,3-4,9-13,16H2,1-2H3,(H,25,26,30). The number of likely N-dealkylation sites (tertiary alicyclic amines) is 1. The number of amides is 2. The predicted octanol–water partition coefficient (Wildman–Crippen LogP) is 3.03. The number of fused-ring (bicyclic) bond motifs is 1. The zero-order chi connectivity index (χ0) is 21.8. The van der Waals surface area contributed by atoms with Crippen LogP contribution in [0.5, 0.6) is 5.75 Å². The molecule has 2 amide bonds. The highest BCUT2D eigenvalue weighted by Crippen LogP contribution is 2.31. The molecule has 3 heterocycles. The number of carbonyl (C=O) groups is 2. The third-order valence-electron chi connectivity index (χ3n) is 6.19.